The molecule has 6 N–H and O–H groups in total. The highest BCUT2D eigenvalue weighted by Crippen LogP contribution is 2.30. The lowest BCUT2D eigenvalue weighted by atomic mass is 9.95. The summed E-state index contributed by atoms with van der Waals surface area (Å²) in [5, 5.41) is 23.4. The lowest BCUT2D eigenvalue weighted by Crippen LogP contribution is -2.40. The first-order valence-corrected chi connectivity index (χ1v) is 10.1. The molecule has 3 aromatic carbocycles. The number of rotatable bonds is 8. The van der Waals surface area contributed by atoms with E-state index in [1.807, 2.05) is 0 Å². The van der Waals surface area contributed by atoms with E-state index in [9.17, 15) is 27.5 Å². The van der Waals surface area contributed by atoms with E-state index in [4.69, 9.17) is 11.1 Å². The molecule has 1 amide bonds. The molecule has 0 saturated heterocycles. The Balaban J connectivity index is 1.79. The number of amidine groups is 1. The van der Waals surface area contributed by atoms with E-state index in [0.717, 1.165) is 0 Å². The topological polar surface area (TPSA) is 111 Å². The summed E-state index contributed by atoms with van der Waals surface area (Å²) in [4.78, 5) is 13.0. The van der Waals surface area contributed by atoms with Gasteiger partial charge in [-0.05, 0) is 48.0 Å². The number of hydrogen-bond acceptors (Lipinski definition) is 4. The number of carbonyl (C=O) groups excluding carboxylic acids is 1. The first-order valence-electron chi connectivity index (χ1n) is 10.1. The largest absolute Gasteiger partial charge is 0.416 e. The van der Waals surface area contributed by atoms with Gasteiger partial charge in [-0.25, -0.2) is 4.39 Å². The maximum Gasteiger partial charge on any atom is 0.416 e. The highest BCUT2D eigenvalue weighted by atomic mass is 19.4. The van der Waals surface area contributed by atoms with Crippen LogP contribution in [-0.2, 0) is 17.5 Å². The molecular weight excluding hydrogens is 452 g/mol. The van der Waals surface area contributed by atoms with Crippen LogP contribution in [0.15, 0.2) is 72.8 Å². The van der Waals surface area contributed by atoms with Crippen molar-refractivity contribution in [2.75, 3.05) is 5.32 Å². The van der Waals surface area contributed by atoms with Crippen molar-refractivity contribution in [2.24, 2.45) is 5.73 Å². The van der Waals surface area contributed by atoms with E-state index in [1.54, 1.807) is 42.5 Å². The van der Waals surface area contributed by atoms with Crippen LogP contribution >= 0.6 is 0 Å². The summed E-state index contributed by atoms with van der Waals surface area (Å²) < 4.78 is 53.0. The molecule has 2 unspecified atom stereocenters. The SMILES string of the molecule is N=C(N)c1ccc(NC(=O)C(c2ccccc2)C(O)NCc2cc(C(F)(F)F)ccc2F)cc1. The molecule has 0 bridgehead atoms. The molecule has 0 aliphatic heterocycles. The van der Waals surface area contributed by atoms with Gasteiger partial charge in [-0.3, -0.25) is 15.5 Å². The molecular formula is C24H22F4N4O2. The minimum Gasteiger partial charge on any atom is -0.384 e. The third-order valence-corrected chi connectivity index (χ3v) is 5.10. The van der Waals surface area contributed by atoms with Gasteiger partial charge in [0.05, 0.1) is 5.56 Å². The second-order valence-corrected chi connectivity index (χ2v) is 7.50. The Labute approximate surface area is 192 Å². The number of nitrogens with two attached hydrogens (primary N) is 1. The Bertz CT molecular complexity index is 1150. The van der Waals surface area contributed by atoms with E-state index in [1.165, 1.54) is 12.1 Å². The Morgan fingerprint density at radius 3 is 2.26 bits per heavy atom. The van der Waals surface area contributed by atoms with Crippen molar-refractivity contribution < 1.29 is 27.5 Å². The lowest BCUT2D eigenvalue weighted by Gasteiger charge is -2.24. The standard InChI is InChI=1S/C24H22F4N4O2/c25-19-11-8-17(24(26,27)28)12-16(19)13-31-22(33)20(14-4-2-1-3-5-14)23(34)32-18-9-6-15(7-10-18)21(29)30/h1-12,20,22,31,33H,13H2,(H3,29,30)(H,32,34). The molecule has 0 heterocycles. The van der Waals surface area contributed by atoms with Crippen LogP contribution in [0.3, 0.4) is 0 Å². The van der Waals surface area contributed by atoms with Crippen molar-refractivity contribution in [2.45, 2.75) is 24.9 Å². The monoisotopic (exact) mass is 474 g/mol. The van der Waals surface area contributed by atoms with Gasteiger partial charge < -0.3 is 16.2 Å². The fourth-order valence-corrected chi connectivity index (χ4v) is 3.31. The predicted octanol–water partition coefficient (Wildman–Crippen LogP) is 3.96. The summed E-state index contributed by atoms with van der Waals surface area (Å²) in [5.41, 5.74) is 5.37. The lowest BCUT2D eigenvalue weighted by molar-refractivity contribution is -0.137. The number of aliphatic hydroxyl groups is 1. The second kappa shape index (κ2) is 10.4. The minimum atomic E-state index is -4.65. The molecule has 0 aliphatic rings. The number of benzene rings is 3. The molecule has 34 heavy (non-hydrogen) atoms. The van der Waals surface area contributed by atoms with Gasteiger partial charge in [0.15, 0.2) is 0 Å². The number of alkyl halides is 3. The number of anilines is 1. The fraction of sp³-hybridized carbons (Fsp3) is 0.167. The Kier molecular flexibility index (Phi) is 7.64. The number of aliphatic hydroxyl groups excluding tert-OH is 1. The van der Waals surface area contributed by atoms with E-state index in [2.05, 4.69) is 10.6 Å². The van der Waals surface area contributed by atoms with Gasteiger partial charge >= 0.3 is 6.18 Å². The van der Waals surface area contributed by atoms with Crippen molar-refractivity contribution in [3.63, 3.8) is 0 Å². The summed E-state index contributed by atoms with van der Waals surface area (Å²) in [5.74, 6) is -2.78. The normalized spacial score (nSPS) is 13.2. The van der Waals surface area contributed by atoms with Crippen LogP contribution < -0.4 is 16.4 Å². The molecule has 3 aromatic rings. The van der Waals surface area contributed by atoms with Crippen LogP contribution in [-0.4, -0.2) is 23.1 Å². The highest BCUT2D eigenvalue weighted by Gasteiger charge is 2.32. The van der Waals surface area contributed by atoms with Gasteiger partial charge in [0, 0.05) is 23.4 Å². The first-order chi connectivity index (χ1) is 16.1. The third kappa shape index (κ3) is 6.18. The zero-order valence-electron chi connectivity index (χ0n) is 17.7. The number of nitrogen functional groups attached to an aromatic ring is 1. The van der Waals surface area contributed by atoms with E-state index in [-0.39, 0.29) is 11.4 Å². The van der Waals surface area contributed by atoms with E-state index in [0.29, 0.717) is 35.0 Å². The zero-order chi connectivity index (χ0) is 24.9. The Hall–Kier alpha value is -3.76. The highest BCUT2D eigenvalue weighted by molar-refractivity contribution is 5.98. The van der Waals surface area contributed by atoms with E-state index < -0.39 is 42.2 Å². The molecule has 0 spiro atoms. The molecule has 3 rings (SSSR count). The summed E-state index contributed by atoms with van der Waals surface area (Å²) in [6.07, 6.45) is -6.20. The van der Waals surface area contributed by atoms with Crippen molar-refractivity contribution in [3.8, 4) is 0 Å². The first kappa shape index (κ1) is 24.9. The second-order valence-electron chi connectivity index (χ2n) is 7.50. The van der Waals surface area contributed by atoms with Gasteiger partial charge in [-0.1, -0.05) is 30.3 Å². The summed E-state index contributed by atoms with van der Waals surface area (Å²) in [6.45, 7) is -0.444. The number of nitrogens with one attached hydrogen (secondary N) is 3. The van der Waals surface area contributed by atoms with Crippen LogP contribution in [0.5, 0.6) is 0 Å². The van der Waals surface area contributed by atoms with Crippen LogP contribution in [0.1, 0.15) is 28.2 Å². The number of carbonyl (C=O) groups is 1. The van der Waals surface area contributed by atoms with Crippen LogP contribution in [0.25, 0.3) is 0 Å². The number of halogens is 4. The van der Waals surface area contributed by atoms with Crippen LogP contribution in [0.4, 0.5) is 23.2 Å². The van der Waals surface area contributed by atoms with Crippen LogP contribution in [0.2, 0.25) is 0 Å². The van der Waals surface area contributed by atoms with Crippen molar-refractivity contribution in [1.82, 2.24) is 5.32 Å². The van der Waals surface area contributed by atoms with Gasteiger partial charge in [0.25, 0.3) is 0 Å². The number of amides is 1. The minimum absolute atomic E-state index is 0.138. The molecule has 0 radical (unpaired) electrons. The Morgan fingerprint density at radius 2 is 1.68 bits per heavy atom. The predicted molar refractivity (Wildman–Crippen MR) is 120 cm³/mol. The third-order valence-electron chi connectivity index (χ3n) is 5.10. The van der Waals surface area contributed by atoms with Crippen molar-refractivity contribution in [3.05, 3.63) is 101 Å². The smallest absolute Gasteiger partial charge is 0.384 e. The van der Waals surface area contributed by atoms with Gasteiger partial charge in [0.2, 0.25) is 5.91 Å². The molecule has 10 heteroatoms. The number of hydrogen-bond donors (Lipinski definition) is 5. The molecule has 2 atom stereocenters. The van der Waals surface area contributed by atoms with Crippen LogP contribution in [0, 0.1) is 11.2 Å². The van der Waals surface area contributed by atoms with Gasteiger partial charge in [0.1, 0.15) is 23.8 Å². The fourth-order valence-electron chi connectivity index (χ4n) is 3.31. The average Bonchev–Trinajstić information content (AvgIpc) is 2.79. The van der Waals surface area contributed by atoms with Gasteiger partial charge in [-0.2, -0.15) is 13.2 Å². The molecule has 0 saturated carbocycles. The zero-order valence-corrected chi connectivity index (χ0v) is 17.7. The molecule has 0 aliphatic carbocycles. The quantitative estimate of drug-likeness (QED) is 0.147. The van der Waals surface area contributed by atoms with Crippen molar-refractivity contribution >= 4 is 17.4 Å². The van der Waals surface area contributed by atoms with E-state index >= 15 is 0 Å². The summed E-state index contributed by atoms with van der Waals surface area (Å²) >= 11 is 0. The molecule has 6 nitrogen and oxygen atoms in total. The Morgan fingerprint density at radius 1 is 1.03 bits per heavy atom. The average molecular weight is 474 g/mol. The maximum absolute atomic E-state index is 14.1. The molecule has 0 aromatic heterocycles. The maximum atomic E-state index is 14.1. The molecule has 178 valence electrons. The summed E-state index contributed by atoms with van der Waals surface area (Å²) in [6, 6.07) is 16.4. The van der Waals surface area contributed by atoms with Crippen molar-refractivity contribution in [1.29, 1.82) is 5.41 Å². The van der Waals surface area contributed by atoms with Gasteiger partial charge in [-0.15, -0.1) is 0 Å². The molecule has 0 fully saturated rings. The summed E-state index contributed by atoms with van der Waals surface area (Å²) in [7, 11) is 0.